The first-order valence-corrected chi connectivity index (χ1v) is 10.5. The Morgan fingerprint density at radius 1 is 0.909 bits per heavy atom. The Bertz CT molecular complexity index is 1100. The van der Waals surface area contributed by atoms with Crippen LogP contribution in [0.1, 0.15) is 27.0 Å². The molecule has 0 saturated carbocycles. The van der Waals surface area contributed by atoms with E-state index in [-0.39, 0.29) is 18.8 Å². The van der Waals surface area contributed by atoms with Gasteiger partial charge in [0, 0.05) is 18.5 Å². The number of esters is 1. The highest BCUT2D eigenvalue weighted by molar-refractivity contribution is 5.97. The zero-order valence-electron chi connectivity index (χ0n) is 18.2. The highest BCUT2D eigenvalue weighted by Gasteiger charge is 2.24. The van der Waals surface area contributed by atoms with Crippen LogP contribution in [0.25, 0.3) is 0 Å². The van der Waals surface area contributed by atoms with Gasteiger partial charge < -0.3 is 15.4 Å². The van der Waals surface area contributed by atoms with Gasteiger partial charge in [-0.05, 0) is 41.8 Å². The van der Waals surface area contributed by atoms with E-state index in [4.69, 9.17) is 4.74 Å². The second-order valence-corrected chi connectivity index (χ2v) is 7.55. The molecular formula is C26H25FN2O4. The largest absolute Gasteiger partial charge is 0.454 e. The van der Waals surface area contributed by atoms with Crippen molar-refractivity contribution in [2.45, 2.75) is 25.9 Å². The van der Waals surface area contributed by atoms with Crippen LogP contribution in [0.4, 0.5) is 4.39 Å². The minimum atomic E-state index is -0.973. The van der Waals surface area contributed by atoms with E-state index in [9.17, 15) is 18.8 Å². The third-order valence-corrected chi connectivity index (χ3v) is 4.98. The van der Waals surface area contributed by atoms with E-state index < -0.39 is 30.4 Å². The van der Waals surface area contributed by atoms with Crippen molar-refractivity contribution in [2.75, 3.05) is 6.61 Å². The molecule has 33 heavy (non-hydrogen) atoms. The van der Waals surface area contributed by atoms with Gasteiger partial charge in [0.1, 0.15) is 11.9 Å². The second kappa shape index (κ2) is 11.6. The summed E-state index contributed by atoms with van der Waals surface area (Å²) in [4.78, 5) is 37.4. The minimum absolute atomic E-state index is 0.103. The lowest BCUT2D eigenvalue weighted by Gasteiger charge is -2.18. The molecule has 170 valence electrons. The molecule has 0 aromatic heterocycles. The summed E-state index contributed by atoms with van der Waals surface area (Å²) in [5, 5.41) is 5.27. The van der Waals surface area contributed by atoms with Crippen LogP contribution >= 0.6 is 0 Å². The zero-order valence-corrected chi connectivity index (χ0v) is 18.2. The van der Waals surface area contributed by atoms with E-state index in [2.05, 4.69) is 10.6 Å². The summed E-state index contributed by atoms with van der Waals surface area (Å²) in [6.45, 7) is 1.24. The maximum atomic E-state index is 13.6. The average Bonchev–Trinajstić information content (AvgIpc) is 2.84. The zero-order chi connectivity index (χ0) is 23.6. The topological polar surface area (TPSA) is 84.5 Å². The van der Waals surface area contributed by atoms with Crippen molar-refractivity contribution in [3.05, 3.63) is 107 Å². The van der Waals surface area contributed by atoms with Gasteiger partial charge in [-0.3, -0.25) is 9.59 Å². The average molecular weight is 448 g/mol. The maximum absolute atomic E-state index is 13.6. The Labute approximate surface area is 191 Å². The first-order valence-electron chi connectivity index (χ1n) is 10.5. The van der Waals surface area contributed by atoms with Crippen LogP contribution in [-0.2, 0) is 27.3 Å². The van der Waals surface area contributed by atoms with Crippen LogP contribution in [-0.4, -0.2) is 30.4 Å². The number of hydrogen-bond acceptors (Lipinski definition) is 4. The van der Waals surface area contributed by atoms with Crippen molar-refractivity contribution >= 4 is 17.8 Å². The van der Waals surface area contributed by atoms with Crippen molar-refractivity contribution < 1.29 is 23.5 Å². The molecule has 7 heteroatoms. The van der Waals surface area contributed by atoms with Gasteiger partial charge in [-0.15, -0.1) is 0 Å². The molecule has 0 bridgehead atoms. The molecule has 0 heterocycles. The molecule has 0 saturated heterocycles. The van der Waals surface area contributed by atoms with E-state index in [0.717, 1.165) is 5.56 Å². The van der Waals surface area contributed by atoms with Crippen molar-refractivity contribution in [3.8, 4) is 0 Å². The molecule has 2 amide bonds. The number of nitrogens with one attached hydrogen (secondary N) is 2. The number of carbonyl (C=O) groups is 3. The van der Waals surface area contributed by atoms with Gasteiger partial charge >= 0.3 is 5.97 Å². The standard InChI is InChI=1S/C26H25FN2O4/c1-18-12-13-20(14-22(18)27)16-28-24(30)17-33-26(32)23(15-19-8-4-2-5-9-19)29-25(31)21-10-6-3-7-11-21/h2-14,23H,15-17H2,1H3,(H,28,30)(H,29,31). The van der Waals surface area contributed by atoms with Crippen molar-refractivity contribution in [1.82, 2.24) is 10.6 Å². The number of benzene rings is 3. The van der Waals surface area contributed by atoms with E-state index in [1.54, 1.807) is 49.4 Å². The van der Waals surface area contributed by atoms with Gasteiger partial charge in [-0.25, -0.2) is 9.18 Å². The Kier molecular flexibility index (Phi) is 8.30. The van der Waals surface area contributed by atoms with Crippen LogP contribution in [0.15, 0.2) is 78.9 Å². The SMILES string of the molecule is Cc1ccc(CNC(=O)COC(=O)C(Cc2ccccc2)NC(=O)c2ccccc2)cc1F. The Balaban J connectivity index is 1.58. The first-order chi connectivity index (χ1) is 15.9. The number of halogens is 1. The maximum Gasteiger partial charge on any atom is 0.329 e. The highest BCUT2D eigenvalue weighted by atomic mass is 19.1. The fourth-order valence-corrected chi connectivity index (χ4v) is 3.11. The number of hydrogen-bond donors (Lipinski definition) is 2. The predicted molar refractivity (Wildman–Crippen MR) is 122 cm³/mol. The van der Waals surface area contributed by atoms with Gasteiger partial charge in [0.15, 0.2) is 6.61 Å². The lowest BCUT2D eigenvalue weighted by atomic mass is 10.1. The highest BCUT2D eigenvalue weighted by Crippen LogP contribution is 2.09. The normalized spacial score (nSPS) is 11.3. The quantitative estimate of drug-likeness (QED) is 0.492. The van der Waals surface area contributed by atoms with Crippen LogP contribution in [0, 0.1) is 12.7 Å². The summed E-state index contributed by atoms with van der Waals surface area (Å²) in [7, 11) is 0. The summed E-state index contributed by atoms with van der Waals surface area (Å²) < 4.78 is 18.8. The molecular weight excluding hydrogens is 423 g/mol. The number of aryl methyl sites for hydroxylation is 1. The predicted octanol–water partition coefficient (Wildman–Crippen LogP) is 3.33. The Morgan fingerprint density at radius 2 is 1.58 bits per heavy atom. The fraction of sp³-hybridized carbons (Fsp3) is 0.192. The van der Waals surface area contributed by atoms with Gasteiger partial charge in [-0.1, -0.05) is 60.7 Å². The number of amides is 2. The molecule has 0 aliphatic heterocycles. The lowest BCUT2D eigenvalue weighted by molar-refractivity contribution is -0.150. The summed E-state index contributed by atoms with van der Waals surface area (Å²) in [5.74, 6) is -2.03. The smallest absolute Gasteiger partial charge is 0.329 e. The lowest BCUT2D eigenvalue weighted by Crippen LogP contribution is -2.44. The molecule has 0 aliphatic carbocycles. The van der Waals surface area contributed by atoms with Gasteiger partial charge in [0.25, 0.3) is 11.8 Å². The third-order valence-electron chi connectivity index (χ3n) is 4.98. The fourth-order valence-electron chi connectivity index (χ4n) is 3.11. The van der Waals surface area contributed by atoms with Gasteiger partial charge in [0.2, 0.25) is 0 Å². The first kappa shape index (κ1) is 23.7. The number of rotatable bonds is 9. The molecule has 0 aliphatic rings. The molecule has 1 atom stereocenters. The van der Waals surface area contributed by atoms with E-state index in [1.165, 1.54) is 6.07 Å². The minimum Gasteiger partial charge on any atom is -0.454 e. The van der Waals surface area contributed by atoms with Gasteiger partial charge in [-0.2, -0.15) is 0 Å². The van der Waals surface area contributed by atoms with Crippen LogP contribution in [0.2, 0.25) is 0 Å². The summed E-state index contributed by atoms with van der Waals surface area (Å²) in [5.41, 5.74) is 2.35. The summed E-state index contributed by atoms with van der Waals surface area (Å²) in [6.07, 6.45) is 0.211. The molecule has 3 aromatic rings. The molecule has 6 nitrogen and oxygen atoms in total. The van der Waals surface area contributed by atoms with Crippen molar-refractivity contribution in [2.24, 2.45) is 0 Å². The van der Waals surface area contributed by atoms with Crippen molar-refractivity contribution in [3.63, 3.8) is 0 Å². The van der Waals surface area contributed by atoms with Gasteiger partial charge in [0.05, 0.1) is 0 Å². The molecule has 0 fully saturated rings. The molecule has 2 N–H and O–H groups in total. The van der Waals surface area contributed by atoms with Crippen molar-refractivity contribution in [1.29, 1.82) is 0 Å². The number of ether oxygens (including phenoxy) is 1. The van der Waals surface area contributed by atoms with E-state index in [0.29, 0.717) is 16.7 Å². The Hall–Kier alpha value is -4.00. The third kappa shape index (κ3) is 7.28. The summed E-state index contributed by atoms with van der Waals surface area (Å²) >= 11 is 0. The van der Waals surface area contributed by atoms with E-state index in [1.807, 2.05) is 30.3 Å². The molecule has 3 aromatic carbocycles. The monoisotopic (exact) mass is 448 g/mol. The second-order valence-electron chi connectivity index (χ2n) is 7.55. The molecule has 0 radical (unpaired) electrons. The van der Waals surface area contributed by atoms with Crippen LogP contribution in [0.5, 0.6) is 0 Å². The van der Waals surface area contributed by atoms with Crippen LogP contribution in [0.3, 0.4) is 0 Å². The van der Waals surface area contributed by atoms with Crippen LogP contribution < -0.4 is 10.6 Å². The molecule has 1 unspecified atom stereocenters. The Morgan fingerprint density at radius 3 is 2.24 bits per heavy atom. The van der Waals surface area contributed by atoms with E-state index >= 15 is 0 Å². The molecule has 3 rings (SSSR count). The number of carbonyl (C=O) groups excluding carboxylic acids is 3. The summed E-state index contributed by atoms with van der Waals surface area (Å²) in [6, 6.07) is 21.4. The molecule has 0 spiro atoms.